The molecule has 5 nitrogen and oxygen atoms in total. The molecule has 0 spiro atoms. The van der Waals surface area contributed by atoms with E-state index in [0.29, 0.717) is 16.9 Å². The molecule has 2 aromatic heterocycles. The maximum atomic E-state index is 13.5. The third-order valence-electron chi connectivity index (χ3n) is 4.19. The van der Waals surface area contributed by atoms with Crippen molar-refractivity contribution in [2.24, 2.45) is 0 Å². The number of rotatable bonds is 6. The standard InChI is InChI=1S/C20H12ClF5N4O/c21-14-8-11(4-5-15(14)22)16-10-30-7-6-27-18(30)17(29-16)28-12-2-1-3-13(9-12)31-20(25,26)19(23)24/h1-10,19H,(H,28,29). The monoisotopic (exact) mass is 454 g/mol. The van der Waals surface area contributed by atoms with Crippen LogP contribution in [0.4, 0.5) is 33.5 Å². The number of hydrogen-bond acceptors (Lipinski definition) is 4. The van der Waals surface area contributed by atoms with Crippen LogP contribution < -0.4 is 10.1 Å². The Morgan fingerprint density at radius 1 is 1.13 bits per heavy atom. The van der Waals surface area contributed by atoms with Crippen LogP contribution in [-0.2, 0) is 0 Å². The Bertz CT molecular complexity index is 1250. The molecule has 0 atom stereocenters. The number of alkyl halides is 4. The van der Waals surface area contributed by atoms with Crippen LogP contribution in [0.5, 0.6) is 5.75 Å². The third-order valence-corrected chi connectivity index (χ3v) is 4.48. The zero-order valence-electron chi connectivity index (χ0n) is 15.4. The molecular weight excluding hydrogens is 443 g/mol. The van der Waals surface area contributed by atoms with Crippen molar-refractivity contribution in [1.29, 1.82) is 0 Å². The molecule has 2 heterocycles. The minimum Gasteiger partial charge on any atom is -0.428 e. The van der Waals surface area contributed by atoms with Crippen LogP contribution in [0.3, 0.4) is 0 Å². The molecule has 0 fully saturated rings. The Kier molecular flexibility index (Phi) is 5.40. The Labute approximate surface area is 177 Å². The van der Waals surface area contributed by atoms with Crippen molar-refractivity contribution in [1.82, 2.24) is 14.4 Å². The molecule has 0 aliphatic carbocycles. The van der Waals surface area contributed by atoms with Crippen LogP contribution in [0.2, 0.25) is 5.02 Å². The molecule has 0 saturated heterocycles. The first kappa shape index (κ1) is 20.9. The lowest BCUT2D eigenvalue weighted by atomic mass is 10.1. The van der Waals surface area contributed by atoms with Gasteiger partial charge in [-0.3, -0.25) is 0 Å². The highest BCUT2D eigenvalue weighted by molar-refractivity contribution is 6.31. The summed E-state index contributed by atoms with van der Waals surface area (Å²) in [5.41, 5.74) is 1.60. The first-order valence-corrected chi connectivity index (χ1v) is 9.12. The van der Waals surface area contributed by atoms with E-state index in [0.717, 1.165) is 12.1 Å². The molecule has 2 aromatic carbocycles. The van der Waals surface area contributed by atoms with E-state index in [4.69, 9.17) is 11.6 Å². The highest BCUT2D eigenvalue weighted by Crippen LogP contribution is 2.31. The molecule has 1 N–H and O–H groups in total. The highest BCUT2D eigenvalue weighted by atomic mass is 35.5. The molecule has 4 rings (SSSR count). The topological polar surface area (TPSA) is 51.5 Å². The Balaban J connectivity index is 1.69. The number of hydrogen-bond donors (Lipinski definition) is 1. The SMILES string of the molecule is Fc1ccc(-c2cn3ccnc3c(Nc3cccc(OC(F)(F)C(F)F)c3)n2)cc1Cl. The number of nitrogens with one attached hydrogen (secondary N) is 1. The van der Waals surface area contributed by atoms with Gasteiger partial charge in [-0.15, -0.1) is 0 Å². The lowest BCUT2D eigenvalue weighted by Crippen LogP contribution is -2.33. The first-order valence-electron chi connectivity index (χ1n) is 8.74. The van der Waals surface area contributed by atoms with E-state index in [1.54, 1.807) is 16.8 Å². The summed E-state index contributed by atoms with van der Waals surface area (Å²) >= 11 is 5.86. The second-order valence-corrected chi connectivity index (χ2v) is 6.79. The van der Waals surface area contributed by atoms with Gasteiger partial charge in [0.05, 0.1) is 10.7 Å². The van der Waals surface area contributed by atoms with Crippen LogP contribution in [0, 0.1) is 5.82 Å². The Morgan fingerprint density at radius 3 is 2.68 bits per heavy atom. The summed E-state index contributed by atoms with van der Waals surface area (Å²) in [5.74, 6) is -0.804. The van der Waals surface area contributed by atoms with Gasteiger partial charge in [0.2, 0.25) is 0 Å². The molecule has 11 heteroatoms. The van der Waals surface area contributed by atoms with Gasteiger partial charge in [0.1, 0.15) is 11.6 Å². The van der Waals surface area contributed by atoms with Crippen molar-refractivity contribution in [3.05, 3.63) is 71.9 Å². The largest absolute Gasteiger partial charge is 0.461 e. The fourth-order valence-corrected chi connectivity index (χ4v) is 2.97. The molecule has 0 bridgehead atoms. The van der Waals surface area contributed by atoms with Gasteiger partial charge in [0.15, 0.2) is 11.5 Å². The van der Waals surface area contributed by atoms with E-state index in [1.807, 2.05) is 0 Å². The van der Waals surface area contributed by atoms with E-state index in [9.17, 15) is 22.0 Å². The number of fused-ring (bicyclic) bond motifs is 1. The minimum atomic E-state index is -4.63. The molecule has 0 amide bonds. The molecule has 160 valence electrons. The number of nitrogens with zero attached hydrogens (tertiary/aromatic N) is 3. The van der Waals surface area contributed by atoms with Crippen LogP contribution in [0.25, 0.3) is 16.9 Å². The van der Waals surface area contributed by atoms with E-state index in [-0.39, 0.29) is 16.5 Å². The summed E-state index contributed by atoms with van der Waals surface area (Å²) in [6.07, 6.45) is -3.78. The lowest BCUT2D eigenvalue weighted by molar-refractivity contribution is -0.253. The first-order chi connectivity index (χ1) is 14.7. The van der Waals surface area contributed by atoms with Crippen LogP contribution in [0.15, 0.2) is 61.1 Å². The zero-order chi connectivity index (χ0) is 22.2. The number of anilines is 2. The van der Waals surface area contributed by atoms with Crippen molar-refractivity contribution in [2.75, 3.05) is 5.32 Å². The van der Waals surface area contributed by atoms with Gasteiger partial charge in [-0.1, -0.05) is 17.7 Å². The summed E-state index contributed by atoms with van der Waals surface area (Å²) in [4.78, 5) is 8.65. The van der Waals surface area contributed by atoms with Gasteiger partial charge < -0.3 is 14.5 Å². The molecule has 0 aliphatic heterocycles. The quantitative estimate of drug-likeness (QED) is 0.354. The Hall–Kier alpha value is -3.40. The summed E-state index contributed by atoms with van der Waals surface area (Å²) in [5, 5.41) is 2.83. The van der Waals surface area contributed by atoms with E-state index < -0.39 is 24.1 Å². The predicted octanol–water partition coefficient (Wildman–Crippen LogP) is 6.17. The van der Waals surface area contributed by atoms with Crippen molar-refractivity contribution >= 4 is 28.8 Å². The van der Waals surface area contributed by atoms with Crippen molar-refractivity contribution in [3.63, 3.8) is 0 Å². The molecule has 0 aliphatic rings. The lowest BCUT2D eigenvalue weighted by Gasteiger charge is -2.17. The van der Waals surface area contributed by atoms with Gasteiger partial charge in [-0.25, -0.2) is 14.4 Å². The molecule has 31 heavy (non-hydrogen) atoms. The summed E-state index contributed by atoms with van der Waals surface area (Å²) in [6.45, 7) is 0. The Morgan fingerprint density at radius 2 is 1.94 bits per heavy atom. The molecule has 0 radical (unpaired) electrons. The summed E-state index contributed by atoms with van der Waals surface area (Å²) in [6, 6.07) is 9.22. The van der Waals surface area contributed by atoms with E-state index in [2.05, 4.69) is 20.0 Å². The number of benzene rings is 2. The maximum absolute atomic E-state index is 13.5. The van der Waals surface area contributed by atoms with Gasteiger partial charge in [-0.05, 0) is 30.3 Å². The normalized spacial score (nSPS) is 11.8. The molecular formula is C20H12ClF5N4O. The number of ether oxygens (including phenoxy) is 1. The van der Waals surface area contributed by atoms with Crippen molar-refractivity contribution in [2.45, 2.75) is 12.5 Å². The molecule has 4 aromatic rings. The van der Waals surface area contributed by atoms with Crippen LogP contribution in [-0.4, -0.2) is 26.9 Å². The maximum Gasteiger partial charge on any atom is 0.461 e. The van der Waals surface area contributed by atoms with Gasteiger partial charge >= 0.3 is 12.5 Å². The fraction of sp³-hybridized carbons (Fsp3) is 0.100. The average molecular weight is 455 g/mol. The second kappa shape index (κ2) is 8.03. The number of aromatic nitrogens is 3. The van der Waals surface area contributed by atoms with Gasteiger partial charge in [-0.2, -0.15) is 17.6 Å². The van der Waals surface area contributed by atoms with Crippen molar-refractivity contribution < 1.29 is 26.7 Å². The zero-order valence-corrected chi connectivity index (χ0v) is 16.1. The van der Waals surface area contributed by atoms with Crippen molar-refractivity contribution in [3.8, 4) is 17.0 Å². The average Bonchev–Trinajstić information content (AvgIpc) is 3.19. The minimum absolute atomic E-state index is 0.0793. The van der Waals surface area contributed by atoms with Crippen LogP contribution >= 0.6 is 11.6 Å². The predicted molar refractivity (Wildman–Crippen MR) is 105 cm³/mol. The fourth-order valence-electron chi connectivity index (χ4n) is 2.79. The second-order valence-electron chi connectivity index (χ2n) is 6.38. The molecule has 0 saturated carbocycles. The van der Waals surface area contributed by atoms with E-state index in [1.165, 1.54) is 36.5 Å². The van der Waals surface area contributed by atoms with Gasteiger partial charge in [0.25, 0.3) is 0 Å². The van der Waals surface area contributed by atoms with Crippen LogP contribution in [0.1, 0.15) is 0 Å². The highest BCUT2D eigenvalue weighted by Gasteiger charge is 2.44. The van der Waals surface area contributed by atoms with Gasteiger partial charge in [0, 0.05) is 35.9 Å². The molecule has 0 unspecified atom stereocenters. The van der Waals surface area contributed by atoms with E-state index >= 15 is 0 Å². The third kappa shape index (κ3) is 4.38. The summed E-state index contributed by atoms with van der Waals surface area (Å²) in [7, 11) is 0. The number of imidazole rings is 1. The smallest absolute Gasteiger partial charge is 0.428 e. The summed E-state index contributed by atoms with van der Waals surface area (Å²) < 4.78 is 70.5. The number of halogens is 6.